The molecule has 0 spiro atoms. The van der Waals surface area contributed by atoms with E-state index in [0.29, 0.717) is 5.92 Å². The van der Waals surface area contributed by atoms with Gasteiger partial charge in [0, 0.05) is 32.2 Å². The normalized spacial score (nSPS) is 17.8. The molecule has 1 aromatic heterocycles. The van der Waals surface area contributed by atoms with E-state index >= 15 is 0 Å². The fourth-order valence-electron chi connectivity index (χ4n) is 3.77. The first-order chi connectivity index (χ1) is 13.0. The van der Waals surface area contributed by atoms with Crippen LogP contribution in [0, 0.1) is 5.92 Å². The fourth-order valence-corrected chi connectivity index (χ4v) is 4.89. The highest BCUT2D eigenvalue weighted by Crippen LogP contribution is 2.32. The van der Waals surface area contributed by atoms with Crippen molar-refractivity contribution in [2.24, 2.45) is 5.92 Å². The third-order valence-electron chi connectivity index (χ3n) is 5.32. The van der Waals surface area contributed by atoms with E-state index in [1.54, 1.807) is 0 Å². The van der Waals surface area contributed by atoms with E-state index in [0.717, 1.165) is 55.1 Å². The molecule has 1 aliphatic heterocycles. The molecular weight excluding hydrogens is 370 g/mol. The minimum Gasteiger partial charge on any atom is -0.381 e. The Morgan fingerprint density at radius 2 is 1.82 bits per heavy atom. The average Bonchev–Trinajstić information content (AvgIpc) is 2.98. The van der Waals surface area contributed by atoms with Crippen LogP contribution in [-0.4, -0.2) is 38.8 Å². The molecule has 1 atom stereocenters. The first-order valence-electron chi connectivity index (χ1n) is 10.2. The smallest absolute Gasteiger partial charge is 0.124 e. The van der Waals surface area contributed by atoms with Gasteiger partial charge in [0.2, 0.25) is 0 Å². The summed E-state index contributed by atoms with van der Waals surface area (Å²) in [6, 6.07) is 6.29. The molecule has 6 heteroatoms. The van der Waals surface area contributed by atoms with Crippen molar-refractivity contribution in [3.8, 4) is 0 Å². The highest BCUT2D eigenvalue weighted by atomic mass is 32.2. The highest BCUT2D eigenvalue weighted by Gasteiger charge is 2.27. The summed E-state index contributed by atoms with van der Waals surface area (Å²) in [5, 5.41) is 0. The second kappa shape index (κ2) is 7.79. The molecule has 0 saturated carbocycles. The van der Waals surface area contributed by atoms with Crippen LogP contribution in [0.4, 0.5) is 5.69 Å². The zero-order chi connectivity index (χ0) is 20.7. The Morgan fingerprint density at radius 3 is 2.39 bits per heavy atom. The number of hydrogen-bond acceptors (Lipinski definition) is 3. The molecule has 2 heterocycles. The Balaban J connectivity index is 2.01. The van der Waals surface area contributed by atoms with Gasteiger partial charge in [-0.3, -0.25) is 4.31 Å². The van der Waals surface area contributed by atoms with Gasteiger partial charge >= 0.3 is 0 Å². The molecule has 5 nitrogen and oxygen atoms in total. The van der Waals surface area contributed by atoms with Crippen molar-refractivity contribution in [3.63, 3.8) is 0 Å². The third kappa shape index (κ3) is 4.43. The van der Waals surface area contributed by atoms with Gasteiger partial charge in [0.05, 0.1) is 21.5 Å². The summed E-state index contributed by atoms with van der Waals surface area (Å²) in [4.78, 5) is 5.02. The maximum atomic E-state index is 12.8. The molecule has 0 amide bonds. The number of aromatic nitrogens is 2. The van der Waals surface area contributed by atoms with Gasteiger partial charge in [0.25, 0.3) is 0 Å². The maximum absolute atomic E-state index is 12.8. The van der Waals surface area contributed by atoms with Gasteiger partial charge in [-0.05, 0) is 57.7 Å². The minimum absolute atomic E-state index is 0.0372. The summed E-state index contributed by atoms with van der Waals surface area (Å²) in [6.45, 7) is 15.3. The number of fused-ring (bicyclic) bond motifs is 1. The number of rotatable bonds is 4. The topological polar surface area (TPSA) is 47.4 Å². The summed E-state index contributed by atoms with van der Waals surface area (Å²) in [7, 11) is 0.783. The van der Waals surface area contributed by atoms with Crippen LogP contribution in [0.15, 0.2) is 18.2 Å². The van der Waals surface area contributed by atoms with Crippen molar-refractivity contribution in [1.82, 2.24) is 9.55 Å². The van der Waals surface area contributed by atoms with Crippen molar-refractivity contribution in [2.75, 3.05) is 24.6 Å². The molecule has 0 aliphatic carbocycles. The molecule has 1 aliphatic rings. The predicted octanol–water partition coefficient (Wildman–Crippen LogP) is 4.66. The van der Waals surface area contributed by atoms with Crippen LogP contribution in [0.1, 0.15) is 60.2 Å². The Morgan fingerprint density at radius 1 is 1.18 bits per heavy atom. The van der Waals surface area contributed by atoms with Crippen molar-refractivity contribution in [1.29, 1.82) is 0 Å². The van der Waals surface area contributed by atoms with E-state index in [2.05, 4.69) is 43.5 Å². The van der Waals surface area contributed by atoms with E-state index < -0.39 is 11.0 Å². The van der Waals surface area contributed by atoms with E-state index in [4.69, 9.17) is 9.72 Å². The third-order valence-corrected chi connectivity index (χ3v) is 7.08. The van der Waals surface area contributed by atoms with Crippen LogP contribution >= 0.6 is 0 Å². The Bertz CT molecular complexity index is 855. The Kier molecular flexibility index (Phi) is 5.93. The summed E-state index contributed by atoms with van der Waals surface area (Å²) < 4.78 is 22.3. The fraction of sp³-hybridized carbons (Fsp3) is 0.682. The summed E-state index contributed by atoms with van der Waals surface area (Å²) in [6.07, 6.45) is 2.21. The summed E-state index contributed by atoms with van der Waals surface area (Å²) in [5.74, 6) is 1.74. The van der Waals surface area contributed by atoms with Crippen molar-refractivity contribution in [3.05, 3.63) is 24.0 Å². The van der Waals surface area contributed by atoms with E-state index in [-0.39, 0.29) is 10.2 Å². The molecule has 28 heavy (non-hydrogen) atoms. The van der Waals surface area contributed by atoms with E-state index in [1.165, 1.54) is 0 Å². The minimum atomic E-state index is -1.11. The zero-order valence-corrected chi connectivity index (χ0v) is 19.2. The molecule has 156 valence electrons. The maximum Gasteiger partial charge on any atom is 0.124 e. The quantitative estimate of drug-likeness (QED) is 0.743. The van der Waals surface area contributed by atoms with Crippen LogP contribution in [-0.2, 0) is 27.7 Å². The lowest BCUT2D eigenvalue weighted by molar-refractivity contribution is 0.0611. The van der Waals surface area contributed by atoms with Crippen LogP contribution in [0.25, 0.3) is 11.0 Å². The van der Waals surface area contributed by atoms with Gasteiger partial charge in [-0.1, -0.05) is 20.8 Å². The Labute approximate surface area is 172 Å². The average molecular weight is 406 g/mol. The lowest BCUT2D eigenvalue weighted by Crippen LogP contribution is -2.34. The summed E-state index contributed by atoms with van der Waals surface area (Å²) >= 11 is 0. The monoisotopic (exact) mass is 405 g/mol. The molecule has 1 unspecified atom stereocenters. The highest BCUT2D eigenvalue weighted by molar-refractivity contribution is 7.87. The standard InChI is InChI=1S/C22H35N3O2S/c1-21(2,3)20-23-18-14-17(24(7)28(26)22(4,5)6)8-9-19(18)25(20)15-16-10-12-27-13-11-16/h8-9,14,16H,10-13,15H2,1-7H3. The lowest BCUT2D eigenvalue weighted by Gasteiger charge is -2.27. The number of nitrogens with zero attached hydrogens (tertiary/aromatic N) is 3. The number of anilines is 1. The van der Waals surface area contributed by atoms with Gasteiger partial charge in [-0.15, -0.1) is 0 Å². The second-order valence-electron chi connectivity index (χ2n) is 9.88. The number of hydrogen-bond donors (Lipinski definition) is 0. The van der Waals surface area contributed by atoms with Gasteiger partial charge in [0.1, 0.15) is 16.8 Å². The molecule has 0 N–H and O–H groups in total. The SMILES string of the molecule is CN(c1ccc2c(c1)nc(C(C)(C)C)n2CC1CCOCC1)S(=O)C(C)(C)C. The van der Waals surface area contributed by atoms with Crippen molar-refractivity contribution in [2.45, 2.75) is 71.1 Å². The van der Waals surface area contributed by atoms with Crippen molar-refractivity contribution >= 4 is 27.7 Å². The predicted molar refractivity (Wildman–Crippen MR) is 118 cm³/mol. The van der Waals surface area contributed by atoms with Gasteiger partial charge in [-0.25, -0.2) is 9.19 Å². The van der Waals surface area contributed by atoms with Gasteiger partial charge in [0.15, 0.2) is 0 Å². The van der Waals surface area contributed by atoms with Crippen LogP contribution in [0.3, 0.4) is 0 Å². The lowest BCUT2D eigenvalue weighted by atomic mass is 9.94. The van der Waals surface area contributed by atoms with Crippen LogP contribution < -0.4 is 4.31 Å². The molecular formula is C22H35N3O2S. The van der Waals surface area contributed by atoms with Gasteiger partial charge < -0.3 is 9.30 Å². The number of imidazole rings is 1. The first kappa shape index (κ1) is 21.3. The molecule has 0 radical (unpaired) electrons. The molecule has 1 fully saturated rings. The number of ether oxygens (including phenoxy) is 1. The molecule has 2 aromatic rings. The van der Waals surface area contributed by atoms with Gasteiger partial charge in [-0.2, -0.15) is 0 Å². The molecule has 3 rings (SSSR count). The largest absolute Gasteiger partial charge is 0.381 e. The number of benzene rings is 1. The Hall–Kier alpha value is -1.40. The molecule has 1 aromatic carbocycles. The molecule has 0 bridgehead atoms. The van der Waals surface area contributed by atoms with E-state index in [9.17, 15) is 4.21 Å². The van der Waals surface area contributed by atoms with E-state index in [1.807, 2.05) is 32.1 Å². The summed E-state index contributed by atoms with van der Waals surface area (Å²) in [5.41, 5.74) is 3.05. The van der Waals surface area contributed by atoms with Crippen molar-refractivity contribution < 1.29 is 8.95 Å². The first-order valence-corrected chi connectivity index (χ1v) is 11.3. The molecule has 1 saturated heterocycles. The zero-order valence-electron chi connectivity index (χ0n) is 18.4. The van der Waals surface area contributed by atoms with Crippen LogP contribution in [0.5, 0.6) is 0 Å². The van der Waals surface area contributed by atoms with Crippen LogP contribution in [0.2, 0.25) is 0 Å². The second-order valence-corrected chi connectivity index (χ2v) is 12.2.